The molecule has 0 radical (unpaired) electrons. The molecule has 1 heterocycles. The van der Waals surface area contributed by atoms with Crippen LogP contribution >= 0.6 is 0 Å². The third-order valence-corrected chi connectivity index (χ3v) is 2.51. The van der Waals surface area contributed by atoms with Crippen molar-refractivity contribution in [3.63, 3.8) is 0 Å². The Labute approximate surface area is 94.3 Å². The van der Waals surface area contributed by atoms with Crippen molar-refractivity contribution in [2.45, 2.75) is 19.3 Å². The molecule has 2 aromatic rings. The van der Waals surface area contributed by atoms with Crippen LogP contribution in [0.15, 0.2) is 34.9 Å². The number of hydrogen-bond acceptors (Lipinski definition) is 2. The molecule has 0 aliphatic heterocycles. The molecule has 0 saturated carbocycles. The zero-order chi connectivity index (χ0) is 11.4. The smallest absolute Gasteiger partial charge is 0.166 e. The van der Waals surface area contributed by atoms with E-state index in [2.05, 4.69) is 5.92 Å². The Hall–Kier alpha value is -2.01. The van der Waals surface area contributed by atoms with E-state index in [1.165, 1.54) is 6.26 Å². The minimum absolute atomic E-state index is 0.0974. The number of furan rings is 1. The second kappa shape index (κ2) is 4.67. The van der Waals surface area contributed by atoms with Crippen molar-refractivity contribution >= 4 is 16.8 Å². The topological polar surface area (TPSA) is 30.2 Å². The molecule has 0 aliphatic rings. The number of terminal acetylenes is 1. The van der Waals surface area contributed by atoms with Crippen molar-refractivity contribution in [3.05, 3.63) is 36.1 Å². The van der Waals surface area contributed by atoms with Crippen LogP contribution in [0, 0.1) is 12.3 Å². The number of ketones is 1. The van der Waals surface area contributed by atoms with Crippen LogP contribution in [0.5, 0.6) is 0 Å². The second-order valence-electron chi connectivity index (χ2n) is 3.63. The van der Waals surface area contributed by atoms with Crippen molar-refractivity contribution in [1.82, 2.24) is 0 Å². The highest BCUT2D eigenvalue weighted by molar-refractivity contribution is 6.07. The molecule has 0 atom stereocenters. The monoisotopic (exact) mass is 212 g/mol. The molecule has 0 bridgehead atoms. The molecule has 0 aliphatic carbocycles. The molecule has 0 amide bonds. The van der Waals surface area contributed by atoms with Gasteiger partial charge in [0.1, 0.15) is 11.8 Å². The van der Waals surface area contributed by atoms with Crippen LogP contribution in [0.2, 0.25) is 0 Å². The zero-order valence-electron chi connectivity index (χ0n) is 8.90. The van der Waals surface area contributed by atoms with Crippen LogP contribution in [0.4, 0.5) is 0 Å². The van der Waals surface area contributed by atoms with Crippen molar-refractivity contribution in [3.8, 4) is 12.3 Å². The lowest BCUT2D eigenvalue weighted by atomic mass is 10.0. The first-order valence-electron chi connectivity index (χ1n) is 5.26. The molecule has 80 valence electrons. The lowest BCUT2D eigenvalue weighted by molar-refractivity contribution is 0.0981. The number of unbranched alkanes of at least 4 members (excludes halogenated alkanes) is 1. The Morgan fingerprint density at radius 3 is 3.00 bits per heavy atom. The van der Waals surface area contributed by atoms with Gasteiger partial charge in [-0.1, -0.05) is 18.2 Å². The molecule has 1 aromatic heterocycles. The third kappa shape index (κ3) is 1.99. The molecular formula is C14H12O2. The van der Waals surface area contributed by atoms with E-state index in [0.29, 0.717) is 18.4 Å². The van der Waals surface area contributed by atoms with Crippen molar-refractivity contribution in [1.29, 1.82) is 0 Å². The lowest BCUT2D eigenvalue weighted by Gasteiger charge is -1.96. The van der Waals surface area contributed by atoms with Gasteiger partial charge in [0.05, 0.1) is 5.56 Å². The fourth-order valence-electron chi connectivity index (χ4n) is 1.68. The van der Waals surface area contributed by atoms with Crippen LogP contribution in [0.25, 0.3) is 11.0 Å². The van der Waals surface area contributed by atoms with E-state index in [4.69, 9.17) is 10.8 Å². The first-order valence-corrected chi connectivity index (χ1v) is 5.26. The van der Waals surface area contributed by atoms with Gasteiger partial charge in [0.15, 0.2) is 5.78 Å². The predicted molar refractivity (Wildman–Crippen MR) is 63.2 cm³/mol. The summed E-state index contributed by atoms with van der Waals surface area (Å²) in [6, 6.07) is 7.54. The van der Waals surface area contributed by atoms with Crippen molar-refractivity contribution < 1.29 is 9.21 Å². The van der Waals surface area contributed by atoms with Crippen LogP contribution in [0.3, 0.4) is 0 Å². The number of hydrogen-bond donors (Lipinski definition) is 0. The number of rotatable bonds is 4. The fraction of sp³-hybridized carbons (Fsp3) is 0.214. The van der Waals surface area contributed by atoms with Crippen LogP contribution in [0.1, 0.15) is 29.6 Å². The summed E-state index contributed by atoms with van der Waals surface area (Å²) < 4.78 is 5.32. The zero-order valence-corrected chi connectivity index (χ0v) is 8.90. The maximum absolute atomic E-state index is 11.9. The molecule has 0 saturated heterocycles. The standard InChI is InChI=1S/C14H12O2/c1-2-3-4-8-13(15)12-10-16-14-9-6-5-7-11(12)14/h1,5-7,9-10H,3-4,8H2. The molecule has 16 heavy (non-hydrogen) atoms. The molecule has 0 N–H and O–H groups in total. The summed E-state index contributed by atoms with van der Waals surface area (Å²) >= 11 is 0. The van der Waals surface area contributed by atoms with Gasteiger partial charge in [0.2, 0.25) is 0 Å². The largest absolute Gasteiger partial charge is 0.464 e. The van der Waals surface area contributed by atoms with E-state index in [1.54, 1.807) is 0 Å². The molecule has 2 rings (SSSR count). The highest BCUT2D eigenvalue weighted by atomic mass is 16.3. The Morgan fingerprint density at radius 1 is 1.38 bits per heavy atom. The van der Waals surface area contributed by atoms with E-state index in [0.717, 1.165) is 17.4 Å². The third-order valence-electron chi connectivity index (χ3n) is 2.51. The summed E-state index contributed by atoms with van der Waals surface area (Å²) in [5.74, 6) is 2.63. The number of benzene rings is 1. The van der Waals surface area contributed by atoms with Gasteiger partial charge in [-0.15, -0.1) is 12.3 Å². The average molecular weight is 212 g/mol. The Bertz CT molecular complexity index is 543. The SMILES string of the molecule is C#CCCCC(=O)c1coc2ccccc12. The molecule has 2 nitrogen and oxygen atoms in total. The first kappa shape index (κ1) is 10.5. The van der Waals surface area contributed by atoms with E-state index in [9.17, 15) is 4.79 Å². The van der Waals surface area contributed by atoms with Gasteiger partial charge >= 0.3 is 0 Å². The summed E-state index contributed by atoms with van der Waals surface area (Å²) in [4.78, 5) is 11.9. The Kier molecular flexibility index (Phi) is 3.07. The van der Waals surface area contributed by atoms with Gasteiger partial charge in [-0.2, -0.15) is 0 Å². The van der Waals surface area contributed by atoms with Gasteiger partial charge in [-0.3, -0.25) is 4.79 Å². The molecular weight excluding hydrogens is 200 g/mol. The van der Waals surface area contributed by atoms with Crippen molar-refractivity contribution in [2.75, 3.05) is 0 Å². The quantitative estimate of drug-likeness (QED) is 0.441. The molecule has 0 spiro atoms. The summed E-state index contributed by atoms with van der Waals surface area (Å²) in [5.41, 5.74) is 1.41. The average Bonchev–Trinajstić information content (AvgIpc) is 2.73. The maximum Gasteiger partial charge on any atom is 0.166 e. The summed E-state index contributed by atoms with van der Waals surface area (Å²) in [7, 11) is 0. The fourth-order valence-corrected chi connectivity index (χ4v) is 1.68. The van der Waals surface area contributed by atoms with E-state index < -0.39 is 0 Å². The second-order valence-corrected chi connectivity index (χ2v) is 3.63. The van der Waals surface area contributed by atoms with Crippen molar-refractivity contribution in [2.24, 2.45) is 0 Å². The minimum atomic E-state index is 0.0974. The predicted octanol–water partition coefficient (Wildman–Crippen LogP) is 3.42. The number of Topliss-reactive ketones (excluding diaryl/α,β-unsaturated/α-hetero) is 1. The summed E-state index contributed by atoms with van der Waals surface area (Å²) in [5, 5.41) is 0.883. The van der Waals surface area contributed by atoms with Gasteiger partial charge in [0.25, 0.3) is 0 Å². The highest BCUT2D eigenvalue weighted by Crippen LogP contribution is 2.22. The highest BCUT2D eigenvalue weighted by Gasteiger charge is 2.12. The number of carbonyl (C=O) groups excluding carboxylic acids is 1. The van der Waals surface area contributed by atoms with E-state index in [-0.39, 0.29) is 5.78 Å². The van der Waals surface area contributed by atoms with E-state index in [1.807, 2.05) is 24.3 Å². The summed E-state index contributed by atoms with van der Waals surface area (Å²) in [6.45, 7) is 0. The molecule has 0 unspecified atom stereocenters. The number of carbonyl (C=O) groups is 1. The Morgan fingerprint density at radius 2 is 2.19 bits per heavy atom. The Balaban J connectivity index is 2.20. The molecule has 0 fully saturated rings. The number of fused-ring (bicyclic) bond motifs is 1. The van der Waals surface area contributed by atoms with E-state index >= 15 is 0 Å². The van der Waals surface area contributed by atoms with Gasteiger partial charge in [-0.25, -0.2) is 0 Å². The first-order chi connectivity index (χ1) is 7.83. The lowest BCUT2D eigenvalue weighted by Crippen LogP contribution is -1.97. The van der Waals surface area contributed by atoms with Gasteiger partial charge in [-0.05, 0) is 12.5 Å². The van der Waals surface area contributed by atoms with Gasteiger partial charge in [0, 0.05) is 18.2 Å². The molecule has 2 heteroatoms. The normalized spacial score (nSPS) is 10.2. The van der Waals surface area contributed by atoms with Crippen LogP contribution in [-0.4, -0.2) is 5.78 Å². The number of para-hydroxylation sites is 1. The van der Waals surface area contributed by atoms with Crippen LogP contribution in [-0.2, 0) is 0 Å². The minimum Gasteiger partial charge on any atom is -0.464 e. The maximum atomic E-state index is 11.9. The summed E-state index contributed by atoms with van der Waals surface area (Å²) in [6.07, 6.45) is 8.53. The van der Waals surface area contributed by atoms with Crippen LogP contribution < -0.4 is 0 Å². The van der Waals surface area contributed by atoms with Gasteiger partial charge < -0.3 is 4.42 Å². The molecule has 1 aromatic carbocycles.